The molecule has 2 aromatic heterocycles. The van der Waals surface area contributed by atoms with Gasteiger partial charge in [-0.1, -0.05) is 0 Å². The Hall–Kier alpha value is -1.86. The molecule has 0 saturated carbocycles. The van der Waals surface area contributed by atoms with Gasteiger partial charge in [-0.05, 0) is 19.4 Å². The van der Waals surface area contributed by atoms with Crippen LogP contribution in [0.2, 0.25) is 0 Å². The van der Waals surface area contributed by atoms with Gasteiger partial charge in [-0.15, -0.1) is 0 Å². The van der Waals surface area contributed by atoms with E-state index in [1.807, 2.05) is 6.92 Å². The lowest BCUT2D eigenvalue weighted by molar-refractivity contribution is 0.122. The number of aryl methyl sites for hydroxylation is 1. The van der Waals surface area contributed by atoms with Crippen LogP contribution in [-0.2, 0) is 9.47 Å². The van der Waals surface area contributed by atoms with Crippen molar-refractivity contribution in [3.05, 3.63) is 11.8 Å². The van der Waals surface area contributed by atoms with Crippen molar-refractivity contribution in [3.63, 3.8) is 0 Å². The standard InChI is InChI=1S/C15H23N5O2/c1-11-10-12-13(16-4-3-7-21-2)18-15(19-14(12)17-11)20-5-8-22-9-6-20/h10H,3-9H2,1-2H3,(H2,16,17,18,19). The molecule has 22 heavy (non-hydrogen) atoms. The third-order valence-electron chi connectivity index (χ3n) is 3.72. The largest absolute Gasteiger partial charge is 0.385 e. The average Bonchev–Trinajstić information content (AvgIpc) is 2.92. The Balaban J connectivity index is 1.86. The Morgan fingerprint density at radius 1 is 1.36 bits per heavy atom. The van der Waals surface area contributed by atoms with E-state index in [9.17, 15) is 0 Å². The minimum atomic E-state index is 0.724. The number of morpholine rings is 1. The van der Waals surface area contributed by atoms with Gasteiger partial charge in [-0.3, -0.25) is 0 Å². The zero-order chi connectivity index (χ0) is 15.4. The van der Waals surface area contributed by atoms with Crippen LogP contribution in [-0.4, -0.2) is 61.5 Å². The maximum atomic E-state index is 5.40. The van der Waals surface area contributed by atoms with Gasteiger partial charge in [0.25, 0.3) is 0 Å². The molecule has 3 rings (SSSR count). The van der Waals surface area contributed by atoms with Gasteiger partial charge in [0.2, 0.25) is 5.95 Å². The van der Waals surface area contributed by atoms with Crippen LogP contribution < -0.4 is 10.2 Å². The van der Waals surface area contributed by atoms with Crippen LogP contribution in [0, 0.1) is 6.92 Å². The SMILES string of the molecule is COCCCNc1nc(N2CCOCC2)nc2[nH]c(C)cc12. The molecule has 0 atom stereocenters. The zero-order valence-electron chi connectivity index (χ0n) is 13.2. The Morgan fingerprint density at radius 2 is 2.18 bits per heavy atom. The summed E-state index contributed by atoms with van der Waals surface area (Å²) in [4.78, 5) is 14.9. The van der Waals surface area contributed by atoms with E-state index in [2.05, 4.69) is 26.3 Å². The number of anilines is 2. The molecule has 120 valence electrons. The molecule has 1 aliphatic heterocycles. The minimum absolute atomic E-state index is 0.724. The highest BCUT2D eigenvalue weighted by atomic mass is 16.5. The normalized spacial score (nSPS) is 15.5. The number of fused-ring (bicyclic) bond motifs is 1. The van der Waals surface area contributed by atoms with Crippen LogP contribution in [0.5, 0.6) is 0 Å². The van der Waals surface area contributed by atoms with Gasteiger partial charge in [0.05, 0.1) is 18.6 Å². The first-order valence-corrected chi connectivity index (χ1v) is 7.71. The summed E-state index contributed by atoms with van der Waals surface area (Å²) in [7, 11) is 1.72. The zero-order valence-corrected chi connectivity index (χ0v) is 13.2. The van der Waals surface area contributed by atoms with E-state index in [1.165, 1.54) is 0 Å². The lowest BCUT2D eigenvalue weighted by Gasteiger charge is -2.27. The summed E-state index contributed by atoms with van der Waals surface area (Å²) in [5.74, 6) is 1.64. The summed E-state index contributed by atoms with van der Waals surface area (Å²) < 4.78 is 10.5. The van der Waals surface area contributed by atoms with E-state index in [-0.39, 0.29) is 0 Å². The van der Waals surface area contributed by atoms with Crippen LogP contribution in [0.1, 0.15) is 12.1 Å². The van der Waals surface area contributed by atoms with Crippen molar-refractivity contribution in [2.75, 3.05) is 56.8 Å². The van der Waals surface area contributed by atoms with Crippen LogP contribution >= 0.6 is 0 Å². The van der Waals surface area contributed by atoms with Crippen LogP contribution in [0.4, 0.5) is 11.8 Å². The Kier molecular flexibility index (Phi) is 4.74. The third kappa shape index (κ3) is 3.31. The van der Waals surface area contributed by atoms with E-state index in [0.717, 1.165) is 74.4 Å². The summed E-state index contributed by atoms with van der Waals surface area (Å²) in [5, 5.41) is 4.44. The molecule has 0 spiro atoms. The highest BCUT2D eigenvalue weighted by Crippen LogP contribution is 2.24. The van der Waals surface area contributed by atoms with E-state index in [4.69, 9.17) is 14.5 Å². The van der Waals surface area contributed by atoms with Crippen LogP contribution in [0.3, 0.4) is 0 Å². The highest BCUT2D eigenvalue weighted by molar-refractivity contribution is 5.89. The number of hydrogen-bond acceptors (Lipinski definition) is 6. The molecular formula is C15H23N5O2. The fourth-order valence-electron chi connectivity index (χ4n) is 2.59. The number of H-pyrrole nitrogens is 1. The van der Waals surface area contributed by atoms with Gasteiger partial charge in [-0.2, -0.15) is 9.97 Å². The van der Waals surface area contributed by atoms with Crippen molar-refractivity contribution >= 4 is 22.8 Å². The second-order valence-electron chi connectivity index (χ2n) is 5.46. The van der Waals surface area contributed by atoms with Crippen LogP contribution in [0.25, 0.3) is 11.0 Å². The number of nitrogens with zero attached hydrogens (tertiary/aromatic N) is 3. The molecule has 2 aromatic rings. The first-order chi connectivity index (χ1) is 10.8. The molecule has 7 heteroatoms. The predicted molar refractivity (Wildman–Crippen MR) is 86.6 cm³/mol. The van der Waals surface area contributed by atoms with Gasteiger partial charge < -0.3 is 24.7 Å². The molecule has 3 heterocycles. The third-order valence-corrected chi connectivity index (χ3v) is 3.72. The fraction of sp³-hybridized carbons (Fsp3) is 0.600. The number of methoxy groups -OCH3 is 1. The maximum absolute atomic E-state index is 5.40. The summed E-state index contributed by atoms with van der Waals surface area (Å²) in [6.07, 6.45) is 0.943. The number of aromatic nitrogens is 3. The molecular weight excluding hydrogens is 282 g/mol. The van der Waals surface area contributed by atoms with E-state index < -0.39 is 0 Å². The topological polar surface area (TPSA) is 75.3 Å². The van der Waals surface area contributed by atoms with Crippen molar-refractivity contribution in [2.24, 2.45) is 0 Å². The van der Waals surface area contributed by atoms with Crippen molar-refractivity contribution in [1.29, 1.82) is 0 Å². The lowest BCUT2D eigenvalue weighted by Crippen LogP contribution is -2.37. The molecule has 1 aliphatic rings. The molecule has 1 saturated heterocycles. The first-order valence-electron chi connectivity index (χ1n) is 7.71. The Morgan fingerprint density at radius 3 is 2.95 bits per heavy atom. The van der Waals surface area contributed by atoms with Crippen molar-refractivity contribution in [2.45, 2.75) is 13.3 Å². The monoisotopic (exact) mass is 305 g/mol. The molecule has 0 unspecified atom stereocenters. The van der Waals surface area contributed by atoms with E-state index >= 15 is 0 Å². The molecule has 0 aromatic carbocycles. The summed E-state index contributed by atoms with van der Waals surface area (Å²) in [6, 6.07) is 2.08. The minimum Gasteiger partial charge on any atom is -0.385 e. The smallest absolute Gasteiger partial charge is 0.229 e. The first kappa shape index (κ1) is 15.1. The average molecular weight is 305 g/mol. The predicted octanol–water partition coefficient (Wildman–Crippen LogP) is 1.55. The van der Waals surface area contributed by atoms with Gasteiger partial charge in [0.1, 0.15) is 11.5 Å². The number of nitrogens with one attached hydrogen (secondary N) is 2. The van der Waals surface area contributed by atoms with Crippen LogP contribution in [0.15, 0.2) is 6.07 Å². The van der Waals surface area contributed by atoms with Crippen molar-refractivity contribution in [3.8, 4) is 0 Å². The molecule has 7 nitrogen and oxygen atoms in total. The summed E-state index contributed by atoms with van der Waals surface area (Å²) in [6.45, 7) is 6.70. The number of ether oxygens (including phenoxy) is 2. The quantitative estimate of drug-likeness (QED) is 0.789. The number of hydrogen-bond donors (Lipinski definition) is 2. The van der Waals surface area contributed by atoms with E-state index in [0.29, 0.717) is 0 Å². The Bertz CT molecular complexity index is 622. The van der Waals surface area contributed by atoms with E-state index in [1.54, 1.807) is 7.11 Å². The molecule has 0 aliphatic carbocycles. The lowest BCUT2D eigenvalue weighted by atomic mass is 10.3. The number of aromatic amines is 1. The summed E-state index contributed by atoms with van der Waals surface area (Å²) in [5.41, 5.74) is 1.96. The molecule has 2 N–H and O–H groups in total. The number of rotatable bonds is 6. The molecule has 0 amide bonds. The fourth-order valence-corrected chi connectivity index (χ4v) is 2.59. The molecule has 0 radical (unpaired) electrons. The molecule has 0 bridgehead atoms. The second-order valence-corrected chi connectivity index (χ2v) is 5.46. The van der Waals surface area contributed by atoms with Gasteiger partial charge in [0.15, 0.2) is 0 Å². The summed E-state index contributed by atoms with van der Waals surface area (Å²) >= 11 is 0. The molecule has 1 fully saturated rings. The van der Waals surface area contributed by atoms with Crippen molar-refractivity contribution in [1.82, 2.24) is 15.0 Å². The van der Waals surface area contributed by atoms with Gasteiger partial charge in [-0.25, -0.2) is 0 Å². The van der Waals surface area contributed by atoms with Gasteiger partial charge in [0, 0.05) is 39.0 Å². The van der Waals surface area contributed by atoms with Crippen molar-refractivity contribution < 1.29 is 9.47 Å². The highest BCUT2D eigenvalue weighted by Gasteiger charge is 2.17. The second kappa shape index (κ2) is 6.93. The van der Waals surface area contributed by atoms with Gasteiger partial charge >= 0.3 is 0 Å². The maximum Gasteiger partial charge on any atom is 0.229 e. The Labute approximate surface area is 130 Å².